The first-order valence-electron chi connectivity index (χ1n) is 16.0. The standard InChI is InChI=1S/C33H45NO9/c1-31-13-11-22(35)15-21(31)7-8-23-24-12-14-33(42,32(24,2)16-25(36)29(23)31)26(37)18-43-28(39)10-9-27(38)34-17-19-3-5-20(6-4-19)30(40)41/h15,19-20,23-24,29,42H,3-14,16-18H2,1-2H3,(H,34,38)(H,40,41)/t19?,20?,23-,24-,29+,31-,32-,33-/m0/s1. The number of allylic oxidation sites excluding steroid dienone is 1. The zero-order chi connectivity index (χ0) is 31.2. The van der Waals surface area contributed by atoms with Gasteiger partial charge in [0.1, 0.15) is 11.4 Å². The van der Waals surface area contributed by atoms with Gasteiger partial charge >= 0.3 is 11.9 Å². The summed E-state index contributed by atoms with van der Waals surface area (Å²) in [6, 6.07) is 0. The molecule has 3 N–H and O–H groups in total. The van der Waals surface area contributed by atoms with Crippen LogP contribution in [-0.2, 0) is 33.5 Å². The van der Waals surface area contributed by atoms with Crippen molar-refractivity contribution in [1.29, 1.82) is 0 Å². The van der Waals surface area contributed by atoms with Crippen molar-refractivity contribution in [2.75, 3.05) is 13.2 Å². The van der Waals surface area contributed by atoms with Gasteiger partial charge in [-0.25, -0.2) is 0 Å². The van der Waals surface area contributed by atoms with Crippen molar-refractivity contribution in [1.82, 2.24) is 5.32 Å². The molecule has 0 aromatic heterocycles. The van der Waals surface area contributed by atoms with Gasteiger partial charge in [-0.05, 0) is 87.0 Å². The van der Waals surface area contributed by atoms with Crippen LogP contribution < -0.4 is 5.32 Å². The van der Waals surface area contributed by atoms with E-state index in [1.54, 1.807) is 6.08 Å². The van der Waals surface area contributed by atoms with Crippen LogP contribution in [0, 0.1) is 40.4 Å². The number of aliphatic carboxylic acids is 1. The molecule has 6 atom stereocenters. The lowest BCUT2D eigenvalue weighted by Gasteiger charge is -2.57. The Morgan fingerprint density at radius 3 is 2.40 bits per heavy atom. The molecule has 0 saturated heterocycles. The molecule has 0 spiro atoms. The number of nitrogens with one attached hydrogen (secondary N) is 1. The summed E-state index contributed by atoms with van der Waals surface area (Å²) in [5.74, 6) is -2.58. The molecular formula is C33H45NO9. The molecule has 0 aromatic carbocycles. The summed E-state index contributed by atoms with van der Waals surface area (Å²) in [6.07, 6.45) is 7.54. The molecule has 0 heterocycles. The van der Waals surface area contributed by atoms with Crippen molar-refractivity contribution in [3.63, 3.8) is 0 Å². The fourth-order valence-electron chi connectivity index (χ4n) is 9.36. The topological polar surface area (TPSA) is 164 Å². The Hall–Kier alpha value is -2.88. The summed E-state index contributed by atoms with van der Waals surface area (Å²) < 4.78 is 5.21. The van der Waals surface area contributed by atoms with Crippen LogP contribution in [0.1, 0.15) is 97.3 Å². The van der Waals surface area contributed by atoms with Gasteiger partial charge < -0.3 is 20.3 Å². The first-order chi connectivity index (χ1) is 20.3. The Balaban J connectivity index is 1.12. The molecule has 43 heavy (non-hydrogen) atoms. The number of carbonyl (C=O) groups excluding carboxylic acids is 5. The van der Waals surface area contributed by atoms with Crippen LogP contribution in [-0.4, -0.2) is 64.2 Å². The largest absolute Gasteiger partial charge is 0.481 e. The minimum atomic E-state index is -1.78. The number of aliphatic hydroxyl groups is 1. The number of carboxylic acid groups (broad SMARTS) is 1. The Kier molecular flexibility index (Phi) is 8.73. The van der Waals surface area contributed by atoms with Gasteiger partial charge in [0, 0.05) is 37.1 Å². The van der Waals surface area contributed by atoms with E-state index in [0.29, 0.717) is 38.6 Å². The second-order valence-corrected chi connectivity index (χ2v) is 14.2. The van der Waals surface area contributed by atoms with Gasteiger partial charge in [-0.1, -0.05) is 19.4 Å². The predicted octanol–water partition coefficient (Wildman–Crippen LogP) is 3.33. The molecule has 4 fully saturated rings. The van der Waals surface area contributed by atoms with E-state index in [0.717, 1.165) is 31.3 Å². The molecular weight excluding hydrogens is 554 g/mol. The van der Waals surface area contributed by atoms with Gasteiger partial charge in [0.15, 0.2) is 12.4 Å². The van der Waals surface area contributed by atoms with E-state index in [1.165, 1.54) is 0 Å². The fourth-order valence-corrected chi connectivity index (χ4v) is 9.36. The molecule has 0 unspecified atom stereocenters. The van der Waals surface area contributed by atoms with Crippen LogP contribution >= 0.6 is 0 Å². The second kappa shape index (κ2) is 11.9. The van der Waals surface area contributed by atoms with Crippen molar-refractivity contribution in [2.24, 2.45) is 40.4 Å². The lowest BCUT2D eigenvalue weighted by molar-refractivity contribution is -0.173. The lowest BCUT2D eigenvalue weighted by Crippen LogP contribution is -2.61. The number of ketones is 3. The van der Waals surface area contributed by atoms with Crippen molar-refractivity contribution >= 4 is 35.2 Å². The van der Waals surface area contributed by atoms with Crippen molar-refractivity contribution in [3.05, 3.63) is 11.6 Å². The smallest absolute Gasteiger partial charge is 0.306 e. The quantitative estimate of drug-likeness (QED) is 0.337. The molecule has 0 radical (unpaired) electrons. The molecule has 10 heteroatoms. The number of carbonyl (C=O) groups is 6. The van der Waals surface area contributed by atoms with E-state index in [4.69, 9.17) is 9.84 Å². The molecule has 0 aromatic rings. The van der Waals surface area contributed by atoms with E-state index < -0.39 is 35.3 Å². The summed E-state index contributed by atoms with van der Waals surface area (Å²) in [7, 11) is 0. The average Bonchev–Trinajstić information content (AvgIpc) is 3.24. The number of carboxylic acids is 1. The summed E-state index contributed by atoms with van der Waals surface area (Å²) in [4.78, 5) is 75.0. The highest BCUT2D eigenvalue weighted by Gasteiger charge is 2.68. The normalized spacial score (nSPS) is 38.7. The third-order valence-electron chi connectivity index (χ3n) is 12.0. The zero-order valence-electron chi connectivity index (χ0n) is 25.3. The number of hydrogen-bond acceptors (Lipinski definition) is 8. The monoisotopic (exact) mass is 599 g/mol. The number of fused-ring (bicyclic) bond motifs is 5. The van der Waals surface area contributed by atoms with Crippen molar-refractivity contribution in [3.8, 4) is 0 Å². The Morgan fingerprint density at radius 2 is 1.70 bits per heavy atom. The maximum Gasteiger partial charge on any atom is 0.306 e. The summed E-state index contributed by atoms with van der Waals surface area (Å²) in [5, 5.41) is 23.7. The summed E-state index contributed by atoms with van der Waals surface area (Å²) in [5.41, 5.74) is -2.04. The summed E-state index contributed by atoms with van der Waals surface area (Å²) in [6.45, 7) is 3.75. The highest BCUT2D eigenvalue weighted by atomic mass is 16.5. The van der Waals surface area contributed by atoms with E-state index >= 15 is 0 Å². The van der Waals surface area contributed by atoms with Crippen LogP contribution in [0.4, 0.5) is 0 Å². The van der Waals surface area contributed by atoms with Crippen molar-refractivity contribution in [2.45, 2.75) is 103 Å². The van der Waals surface area contributed by atoms with E-state index in [2.05, 4.69) is 12.2 Å². The first-order valence-corrected chi connectivity index (χ1v) is 16.0. The molecule has 5 aliphatic rings. The Labute approximate surface area is 252 Å². The highest BCUT2D eigenvalue weighted by Crippen LogP contribution is 2.66. The van der Waals surface area contributed by atoms with E-state index in [-0.39, 0.29) is 78.2 Å². The lowest BCUT2D eigenvalue weighted by atomic mass is 9.46. The molecule has 10 nitrogen and oxygen atoms in total. The van der Waals surface area contributed by atoms with Gasteiger partial charge in [0.05, 0.1) is 12.3 Å². The number of esters is 1. The van der Waals surface area contributed by atoms with Crippen LogP contribution in [0.3, 0.4) is 0 Å². The average molecular weight is 600 g/mol. The fraction of sp³-hybridized carbons (Fsp3) is 0.758. The number of hydrogen-bond donors (Lipinski definition) is 3. The van der Waals surface area contributed by atoms with Gasteiger partial charge in [-0.15, -0.1) is 0 Å². The molecule has 5 rings (SSSR count). The van der Waals surface area contributed by atoms with Gasteiger partial charge in [0.25, 0.3) is 0 Å². The van der Waals surface area contributed by atoms with E-state index in [1.807, 2.05) is 6.92 Å². The van der Waals surface area contributed by atoms with Crippen LogP contribution in [0.5, 0.6) is 0 Å². The SMILES string of the molecule is C[C@]12CCC(=O)C=C1CC[C@@H]1[C@@H]2C(=O)C[C@@]2(C)[C@H]1CC[C@]2(O)C(=O)COC(=O)CCC(=O)NCC1CCC(C(=O)O)CC1. The number of rotatable bonds is 9. The Morgan fingerprint density at radius 1 is 0.977 bits per heavy atom. The van der Waals surface area contributed by atoms with Gasteiger partial charge in [-0.2, -0.15) is 0 Å². The van der Waals surface area contributed by atoms with Crippen LogP contribution in [0.25, 0.3) is 0 Å². The third-order valence-corrected chi connectivity index (χ3v) is 12.0. The highest BCUT2D eigenvalue weighted by molar-refractivity contribution is 5.95. The Bertz CT molecular complexity index is 1230. The van der Waals surface area contributed by atoms with Crippen LogP contribution in [0.15, 0.2) is 11.6 Å². The van der Waals surface area contributed by atoms with Crippen molar-refractivity contribution < 1.29 is 43.7 Å². The third kappa shape index (κ3) is 5.71. The number of ether oxygens (including phenoxy) is 1. The van der Waals surface area contributed by atoms with Gasteiger partial charge in [0.2, 0.25) is 11.7 Å². The molecule has 236 valence electrons. The first kappa shape index (κ1) is 31.5. The molecule has 5 aliphatic carbocycles. The minimum absolute atomic E-state index is 0.0247. The summed E-state index contributed by atoms with van der Waals surface area (Å²) >= 11 is 0. The number of amides is 1. The maximum absolute atomic E-state index is 13.8. The minimum Gasteiger partial charge on any atom is -0.481 e. The number of Topliss-reactive ketones (excluding diaryl/α,β-unsaturated/α-hetero) is 2. The van der Waals surface area contributed by atoms with Crippen LogP contribution in [0.2, 0.25) is 0 Å². The second-order valence-electron chi connectivity index (χ2n) is 14.2. The molecule has 4 saturated carbocycles. The molecule has 1 amide bonds. The zero-order valence-corrected chi connectivity index (χ0v) is 25.3. The molecule has 0 bridgehead atoms. The van der Waals surface area contributed by atoms with E-state index in [9.17, 15) is 33.9 Å². The molecule has 0 aliphatic heterocycles. The van der Waals surface area contributed by atoms with Gasteiger partial charge in [-0.3, -0.25) is 28.8 Å². The predicted molar refractivity (Wildman–Crippen MR) is 153 cm³/mol. The maximum atomic E-state index is 13.8.